The summed E-state index contributed by atoms with van der Waals surface area (Å²) in [6.07, 6.45) is 8.87. The number of rotatable bonds is 6. The van der Waals surface area contributed by atoms with Crippen molar-refractivity contribution >= 4 is 29.2 Å². The number of fused-ring (bicyclic) bond motifs is 2. The highest BCUT2D eigenvalue weighted by molar-refractivity contribution is 6.05. The molecule has 0 saturated carbocycles. The molecule has 2 amide bonds. The maximum absolute atomic E-state index is 14.3. The van der Waals surface area contributed by atoms with Gasteiger partial charge in [0, 0.05) is 37.6 Å². The van der Waals surface area contributed by atoms with E-state index in [0.717, 1.165) is 25.2 Å². The van der Waals surface area contributed by atoms with E-state index in [0.29, 0.717) is 18.7 Å². The highest BCUT2D eigenvalue weighted by Crippen LogP contribution is 2.57. The molecule has 4 aliphatic heterocycles. The molecule has 1 aromatic rings. The molecule has 204 valence electrons. The van der Waals surface area contributed by atoms with Gasteiger partial charge in [0.15, 0.2) is 0 Å². The maximum atomic E-state index is 14.3. The number of β-amino-alcohol motifs (C(OH)–C–C–N with tert-alkyl or cyclic N) is 1. The lowest BCUT2D eigenvalue weighted by Crippen LogP contribution is -2.56. The van der Waals surface area contributed by atoms with E-state index in [1.807, 2.05) is 42.5 Å². The van der Waals surface area contributed by atoms with Crippen molar-refractivity contribution in [3.05, 3.63) is 48.6 Å². The monoisotopic (exact) mass is 523 g/mol. The van der Waals surface area contributed by atoms with Gasteiger partial charge in [0.25, 0.3) is 5.91 Å². The van der Waals surface area contributed by atoms with Crippen LogP contribution in [-0.4, -0.2) is 84.4 Å². The van der Waals surface area contributed by atoms with Crippen LogP contribution >= 0.6 is 0 Å². The van der Waals surface area contributed by atoms with E-state index in [-0.39, 0.29) is 31.6 Å². The molecule has 0 bridgehead atoms. The van der Waals surface area contributed by atoms with Crippen molar-refractivity contribution in [1.29, 1.82) is 0 Å². The molecule has 5 atom stereocenters. The first-order valence-corrected chi connectivity index (χ1v) is 13.6. The number of likely N-dealkylation sites (tertiary alicyclic amines) is 1. The van der Waals surface area contributed by atoms with Crippen LogP contribution in [0, 0.1) is 11.8 Å². The van der Waals surface area contributed by atoms with Gasteiger partial charge >= 0.3 is 5.97 Å². The quantitative estimate of drug-likeness (QED) is 0.451. The predicted octanol–water partition coefficient (Wildman–Crippen LogP) is 2.29. The van der Waals surface area contributed by atoms with Crippen LogP contribution < -0.4 is 9.80 Å². The van der Waals surface area contributed by atoms with Gasteiger partial charge < -0.3 is 29.3 Å². The average molecular weight is 524 g/mol. The lowest BCUT2D eigenvalue weighted by Gasteiger charge is -2.37. The van der Waals surface area contributed by atoms with Gasteiger partial charge in [-0.3, -0.25) is 14.4 Å². The Labute approximate surface area is 223 Å². The minimum absolute atomic E-state index is 0.0340. The molecule has 1 spiro atoms. The van der Waals surface area contributed by atoms with Crippen LogP contribution in [0.1, 0.15) is 33.6 Å². The smallest absolute Gasteiger partial charge is 0.313 e. The second kappa shape index (κ2) is 10.2. The third-order valence-corrected chi connectivity index (χ3v) is 8.38. The van der Waals surface area contributed by atoms with Crippen molar-refractivity contribution in [3.8, 4) is 0 Å². The fraction of sp³-hybridized carbons (Fsp3) is 0.552. The summed E-state index contributed by atoms with van der Waals surface area (Å²) in [6.45, 7) is 7.95. The molecule has 1 unspecified atom stereocenters. The van der Waals surface area contributed by atoms with E-state index in [2.05, 4.69) is 18.7 Å². The molecule has 9 heteroatoms. The van der Waals surface area contributed by atoms with Gasteiger partial charge in [-0.25, -0.2) is 0 Å². The van der Waals surface area contributed by atoms with E-state index in [9.17, 15) is 19.5 Å². The number of amides is 2. The van der Waals surface area contributed by atoms with Crippen LogP contribution in [0.2, 0.25) is 0 Å². The Morgan fingerprint density at radius 3 is 2.45 bits per heavy atom. The number of carbonyl (C=O) groups is 3. The summed E-state index contributed by atoms with van der Waals surface area (Å²) in [5, 5.41) is 9.83. The van der Waals surface area contributed by atoms with Crippen molar-refractivity contribution in [2.24, 2.45) is 11.8 Å². The van der Waals surface area contributed by atoms with Gasteiger partial charge in [-0.2, -0.15) is 0 Å². The normalized spacial score (nSPS) is 33.5. The number of cyclic esters (lactones) is 1. The third-order valence-electron chi connectivity index (χ3n) is 8.38. The molecule has 4 aliphatic rings. The molecule has 0 radical (unpaired) electrons. The molecule has 2 fully saturated rings. The predicted molar refractivity (Wildman–Crippen MR) is 143 cm³/mol. The van der Waals surface area contributed by atoms with Crippen LogP contribution in [0.4, 0.5) is 11.4 Å². The van der Waals surface area contributed by atoms with Gasteiger partial charge in [-0.05, 0) is 57.9 Å². The summed E-state index contributed by atoms with van der Waals surface area (Å²) >= 11 is 0. The lowest BCUT2D eigenvalue weighted by atomic mass is 9.74. The summed E-state index contributed by atoms with van der Waals surface area (Å²) < 4.78 is 12.3. The third kappa shape index (κ3) is 4.03. The number of hydrogen-bond acceptors (Lipinski definition) is 7. The van der Waals surface area contributed by atoms with Crippen molar-refractivity contribution in [2.75, 3.05) is 49.2 Å². The highest BCUT2D eigenvalue weighted by atomic mass is 16.6. The Morgan fingerprint density at radius 2 is 1.76 bits per heavy atom. The van der Waals surface area contributed by atoms with Crippen LogP contribution in [0.5, 0.6) is 0 Å². The standard InChI is InChI=1S/C29H37N3O6/c1-4-30(5-2)20-10-12-21(13-11-20)31-16-9-15-29-22(25(34)32(17-18-33)24(29)26(31)35)23-27(36)37-19-8-6-7-14-28(23,3)38-29/h7,9-15,22-24,33H,4-6,8,16-19H2,1-3H3/b14-7-/t22-,23+,24?,28-,29-/m0/s1. The summed E-state index contributed by atoms with van der Waals surface area (Å²) in [5.41, 5.74) is -0.702. The first kappa shape index (κ1) is 26.4. The zero-order valence-corrected chi connectivity index (χ0v) is 22.3. The zero-order valence-electron chi connectivity index (χ0n) is 22.3. The number of esters is 1. The summed E-state index contributed by atoms with van der Waals surface area (Å²) in [7, 11) is 0. The van der Waals surface area contributed by atoms with Crippen molar-refractivity contribution in [3.63, 3.8) is 0 Å². The highest BCUT2D eigenvalue weighted by Gasteiger charge is 2.74. The number of carbonyl (C=O) groups excluding carboxylic acids is 3. The topological polar surface area (TPSA) is 99.6 Å². The first-order valence-electron chi connectivity index (χ1n) is 13.6. The molecule has 0 aliphatic carbocycles. The van der Waals surface area contributed by atoms with Crippen LogP contribution in [0.25, 0.3) is 0 Å². The van der Waals surface area contributed by atoms with Crippen LogP contribution in [0.15, 0.2) is 48.6 Å². The van der Waals surface area contributed by atoms with E-state index < -0.39 is 35.0 Å². The Kier molecular flexibility index (Phi) is 7.09. The van der Waals surface area contributed by atoms with E-state index in [1.165, 1.54) is 4.90 Å². The molecule has 5 rings (SSSR count). The van der Waals surface area contributed by atoms with Gasteiger partial charge in [0.2, 0.25) is 5.91 Å². The van der Waals surface area contributed by atoms with E-state index in [4.69, 9.17) is 9.47 Å². The number of ether oxygens (including phenoxy) is 2. The lowest BCUT2D eigenvalue weighted by molar-refractivity contribution is -0.158. The fourth-order valence-corrected chi connectivity index (χ4v) is 6.65. The molecule has 0 aromatic heterocycles. The molecule has 38 heavy (non-hydrogen) atoms. The number of anilines is 2. The molecular weight excluding hydrogens is 486 g/mol. The number of aliphatic hydroxyl groups is 1. The molecule has 9 nitrogen and oxygen atoms in total. The van der Waals surface area contributed by atoms with Crippen molar-refractivity contribution in [2.45, 2.75) is 50.9 Å². The van der Waals surface area contributed by atoms with E-state index >= 15 is 0 Å². The molecule has 4 heterocycles. The van der Waals surface area contributed by atoms with Gasteiger partial charge in [0.1, 0.15) is 17.6 Å². The average Bonchev–Trinajstić information content (AvgIpc) is 3.25. The largest absolute Gasteiger partial charge is 0.465 e. The minimum atomic E-state index is -1.36. The zero-order chi connectivity index (χ0) is 27.1. The Hall–Kier alpha value is -3.17. The Bertz CT molecular complexity index is 1150. The Balaban J connectivity index is 1.57. The number of allylic oxidation sites excluding steroid dienone is 1. The van der Waals surface area contributed by atoms with Gasteiger partial charge in [-0.1, -0.05) is 24.3 Å². The number of hydrogen-bond donors (Lipinski definition) is 1. The van der Waals surface area contributed by atoms with Gasteiger partial charge in [0.05, 0.1) is 24.7 Å². The molecule has 2 saturated heterocycles. The summed E-state index contributed by atoms with van der Waals surface area (Å²) in [6, 6.07) is 6.79. The van der Waals surface area contributed by atoms with Crippen LogP contribution in [-0.2, 0) is 23.9 Å². The minimum Gasteiger partial charge on any atom is -0.465 e. The molecular formula is C29H37N3O6. The summed E-state index contributed by atoms with van der Waals surface area (Å²) in [4.78, 5) is 46.8. The van der Waals surface area contributed by atoms with Gasteiger partial charge in [-0.15, -0.1) is 0 Å². The second-order valence-electron chi connectivity index (χ2n) is 10.5. The van der Waals surface area contributed by atoms with Crippen molar-refractivity contribution in [1.82, 2.24) is 4.90 Å². The maximum Gasteiger partial charge on any atom is 0.313 e. The molecule has 1 aromatic carbocycles. The van der Waals surface area contributed by atoms with Crippen LogP contribution in [0.3, 0.4) is 0 Å². The van der Waals surface area contributed by atoms with Crippen molar-refractivity contribution < 1.29 is 29.0 Å². The number of benzene rings is 1. The Morgan fingerprint density at radius 1 is 1.03 bits per heavy atom. The number of aliphatic hydroxyl groups excluding tert-OH is 1. The fourth-order valence-electron chi connectivity index (χ4n) is 6.65. The second-order valence-corrected chi connectivity index (χ2v) is 10.5. The first-order chi connectivity index (χ1) is 18.3. The number of nitrogens with zero attached hydrogens (tertiary/aromatic N) is 3. The SMILES string of the molecule is CCN(CC)c1ccc(N2CC=C[C@]34O[C@@]5(C)/C=C\CCCOC(=O)[C@H]5[C@H]3C(=O)N(CCO)C4C2=O)cc1. The molecule has 1 N–H and O–H groups in total. The summed E-state index contributed by atoms with van der Waals surface area (Å²) in [5.74, 6) is -3.02. The van der Waals surface area contributed by atoms with E-state index in [1.54, 1.807) is 17.9 Å².